The molecule has 1 heteroatoms. The summed E-state index contributed by atoms with van der Waals surface area (Å²) < 4.78 is 0. The molecule has 2 aromatic carbocycles. The Kier molecular flexibility index (Phi) is 1.71. The van der Waals surface area contributed by atoms with E-state index >= 15 is 0 Å². The zero-order chi connectivity index (χ0) is 11.4. The van der Waals surface area contributed by atoms with Crippen molar-refractivity contribution in [3.8, 4) is 0 Å². The first-order valence-electron chi connectivity index (χ1n) is 6.34. The minimum atomic E-state index is 0.776. The smallest absolute Gasteiger partial charge is 0.0467 e. The second-order valence-electron chi connectivity index (χ2n) is 5.26. The van der Waals surface area contributed by atoms with Crippen LogP contribution in [0.4, 0.5) is 0 Å². The van der Waals surface area contributed by atoms with Crippen molar-refractivity contribution in [1.29, 1.82) is 0 Å². The Morgan fingerprint density at radius 3 is 2.59 bits per heavy atom. The lowest BCUT2D eigenvalue weighted by Gasteiger charge is -2.02. The largest absolute Gasteiger partial charge is 0.355 e. The highest BCUT2D eigenvalue weighted by Crippen LogP contribution is 2.49. The number of hydrogen-bond acceptors (Lipinski definition) is 0. The molecule has 1 N–H and O–H groups in total. The van der Waals surface area contributed by atoms with Crippen molar-refractivity contribution in [1.82, 2.24) is 4.98 Å². The summed E-state index contributed by atoms with van der Waals surface area (Å²) in [7, 11) is 0. The van der Waals surface area contributed by atoms with Gasteiger partial charge in [0.15, 0.2) is 0 Å². The van der Waals surface area contributed by atoms with Gasteiger partial charge in [0.2, 0.25) is 0 Å². The summed E-state index contributed by atoms with van der Waals surface area (Å²) in [5, 5.41) is 2.81. The van der Waals surface area contributed by atoms with Gasteiger partial charge in [0.1, 0.15) is 0 Å². The maximum absolute atomic E-state index is 3.52. The first-order chi connectivity index (χ1) is 8.34. The van der Waals surface area contributed by atoms with Crippen LogP contribution in [0.25, 0.3) is 21.8 Å². The number of benzene rings is 2. The quantitative estimate of drug-likeness (QED) is 0.625. The number of nitrogens with one attached hydrogen (secondary N) is 1. The fraction of sp³-hybridized carbons (Fsp3) is 0.250. The van der Waals surface area contributed by atoms with Crippen molar-refractivity contribution in [2.75, 3.05) is 0 Å². The van der Waals surface area contributed by atoms with E-state index in [2.05, 4.69) is 54.4 Å². The van der Waals surface area contributed by atoms with Gasteiger partial charge in [-0.1, -0.05) is 37.3 Å². The van der Waals surface area contributed by atoms with Gasteiger partial charge in [-0.25, -0.2) is 0 Å². The number of fused-ring (bicyclic) bond motifs is 3. The van der Waals surface area contributed by atoms with Gasteiger partial charge in [-0.3, -0.25) is 0 Å². The van der Waals surface area contributed by atoms with Gasteiger partial charge >= 0.3 is 0 Å². The van der Waals surface area contributed by atoms with Crippen molar-refractivity contribution >= 4 is 21.8 Å². The number of aromatic nitrogens is 1. The summed E-state index contributed by atoms with van der Waals surface area (Å²) in [5.74, 6) is 1.63. The molecule has 2 atom stereocenters. The van der Waals surface area contributed by atoms with Crippen LogP contribution in [-0.2, 0) is 0 Å². The zero-order valence-corrected chi connectivity index (χ0v) is 9.90. The Balaban J connectivity index is 2.13. The van der Waals surface area contributed by atoms with Crippen LogP contribution in [0.3, 0.4) is 0 Å². The van der Waals surface area contributed by atoms with Crippen molar-refractivity contribution in [3.05, 3.63) is 48.0 Å². The van der Waals surface area contributed by atoms with Crippen molar-refractivity contribution in [2.24, 2.45) is 5.92 Å². The first kappa shape index (κ1) is 9.29. The molecule has 1 saturated carbocycles. The SMILES string of the molecule is CC1CC1c1cccc2[nH]c3ccccc3c12. The van der Waals surface area contributed by atoms with Gasteiger partial charge in [-0.2, -0.15) is 0 Å². The molecule has 0 radical (unpaired) electrons. The van der Waals surface area contributed by atoms with E-state index in [0.717, 1.165) is 11.8 Å². The molecule has 0 bridgehead atoms. The van der Waals surface area contributed by atoms with E-state index in [1.54, 1.807) is 0 Å². The fourth-order valence-corrected chi connectivity index (χ4v) is 2.99. The Bertz CT molecular complexity index is 708. The normalized spacial score (nSPS) is 23.4. The van der Waals surface area contributed by atoms with Crippen LogP contribution < -0.4 is 0 Å². The monoisotopic (exact) mass is 221 g/mol. The molecule has 1 nitrogen and oxygen atoms in total. The molecule has 0 spiro atoms. The van der Waals surface area contributed by atoms with Crippen molar-refractivity contribution in [2.45, 2.75) is 19.3 Å². The molecule has 1 fully saturated rings. The highest BCUT2D eigenvalue weighted by atomic mass is 14.7. The topological polar surface area (TPSA) is 15.8 Å². The molecule has 2 unspecified atom stereocenters. The van der Waals surface area contributed by atoms with E-state index in [0.29, 0.717) is 0 Å². The number of H-pyrrole nitrogens is 1. The highest BCUT2D eigenvalue weighted by Gasteiger charge is 2.35. The molecule has 4 rings (SSSR count). The first-order valence-corrected chi connectivity index (χ1v) is 6.34. The van der Waals surface area contributed by atoms with Crippen LogP contribution in [0.2, 0.25) is 0 Å². The summed E-state index contributed by atoms with van der Waals surface area (Å²) in [6.45, 7) is 2.35. The molecule has 84 valence electrons. The minimum absolute atomic E-state index is 0.776. The van der Waals surface area contributed by atoms with E-state index in [9.17, 15) is 0 Å². The number of rotatable bonds is 1. The average Bonchev–Trinajstić information content (AvgIpc) is 2.95. The Morgan fingerprint density at radius 2 is 1.76 bits per heavy atom. The second kappa shape index (κ2) is 3.13. The molecular formula is C16H15N. The van der Waals surface area contributed by atoms with E-state index in [4.69, 9.17) is 0 Å². The lowest BCUT2D eigenvalue weighted by Crippen LogP contribution is -1.82. The standard InChI is InChI=1S/C16H15N/c1-10-9-13(10)11-6-4-8-15-16(11)12-5-2-3-7-14(12)17-15/h2-8,10,13,17H,9H2,1H3. The van der Waals surface area contributed by atoms with E-state index < -0.39 is 0 Å². The summed E-state index contributed by atoms with van der Waals surface area (Å²) in [4.78, 5) is 3.52. The molecule has 0 saturated heterocycles. The summed E-state index contributed by atoms with van der Waals surface area (Å²) in [5.41, 5.74) is 4.07. The number of hydrogen-bond donors (Lipinski definition) is 1. The van der Waals surface area contributed by atoms with Gasteiger partial charge < -0.3 is 4.98 Å². The van der Waals surface area contributed by atoms with Crippen LogP contribution in [0.15, 0.2) is 42.5 Å². The third-order valence-corrected chi connectivity index (χ3v) is 4.07. The Labute approximate surface area is 100 Å². The maximum Gasteiger partial charge on any atom is 0.0467 e. The predicted molar refractivity (Wildman–Crippen MR) is 72.3 cm³/mol. The van der Waals surface area contributed by atoms with E-state index in [-0.39, 0.29) is 0 Å². The van der Waals surface area contributed by atoms with Crippen molar-refractivity contribution < 1.29 is 0 Å². The maximum atomic E-state index is 3.52. The van der Waals surface area contributed by atoms with Crippen LogP contribution in [0.1, 0.15) is 24.8 Å². The van der Waals surface area contributed by atoms with Crippen LogP contribution in [-0.4, -0.2) is 4.98 Å². The zero-order valence-electron chi connectivity index (χ0n) is 9.90. The molecule has 0 aliphatic heterocycles. The Hall–Kier alpha value is -1.76. The summed E-state index contributed by atoms with van der Waals surface area (Å²) >= 11 is 0. The van der Waals surface area contributed by atoms with Crippen LogP contribution >= 0.6 is 0 Å². The molecular weight excluding hydrogens is 206 g/mol. The summed E-state index contributed by atoms with van der Waals surface area (Å²) in [6.07, 6.45) is 1.35. The number of para-hydroxylation sites is 1. The average molecular weight is 221 g/mol. The fourth-order valence-electron chi connectivity index (χ4n) is 2.99. The predicted octanol–water partition coefficient (Wildman–Crippen LogP) is 4.44. The lowest BCUT2D eigenvalue weighted by molar-refractivity contribution is 0.920. The third kappa shape index (κ3) is 1.25. The molecule has 0 amide bonds. The second-order valence-corrected chi connectivity index (χ2v) is 5.26. The van der Waals surface area contributed by atoms with Gasteiger partial charge in [-0.05, 0) is 36.0 Å². The number of aromatic amines is 1. The highest BCUT2D eigenvalue weighted by molar-refractivity contribution is 6.09. The Morgan fingerprint density at radius 1 is 1.00 bits per heavy atom. The molecule has 17 heavy (non-hydrogen) atoms. The molecule has 1 aliphatic rings. The minimum Gasteiger partial charge on any atom is -0.355 e. The van der Waals surface area contributed by atoms with Crippen molar-refractivity contribution in [3.63, 3.8) is 0 Å². The van der Waals surface area contributed by atoms with Gasteiger partial charge in [0, 0.05) is 21.8 Å². The van der Waals surface area contributed by atoms with Crippen LogP contribution in [0, 0.1) is 5.92 Å². The van der Waals surface area contributed by atoms with Gasteiger partial charge in [0.25, 0.3) is 0 Å². The third-order valence-electron chi connectivity index (χ3n) is 4.07. The van der Waals surface area contributed by atoms with Gasteiger partial charge in [0.05, 0.1) is 0 Å². The summed E-state index contributed by atoms with van der Waals surface area (Å²) in [6, 6.07) is 15.3. The van der Waals surface area contributed by atoms with Crippen LogP contribution in [0.5, 0.6) is 0 Å². The van der Waals surface area contributed by atoms with Gasteiger partial charge in [-0.15, -0.1) is 0 Å². The molecule has 1 aromatic heterocycles. The molecule has 1 aliphatic carbocycles. The molecule has 1 heterocycles. The lowest BCUT2D eigenvalue weighted by atomic mass is 10.0. The van der Waals surface area contributed by atoms with E-state index in [1.807, 2.05) is 0 Å². The molecule has 3 aromatic rings. The van der Waals surface area contributed by atoms with E-state index in [1.165, 1.54) is 33.8 Å².